The van der Waals surface area contributed by atoms with Crippen molar-refractivity contribution in [3.05, 3.63) is 69.7 Å². The molecule has 0 radical (unpaired) electrons. The Bertz CT molecular complexity index is 1000. The van der Waals surface area contributed by atoms with Crippen LogP contribution in [0.5, 0.6) is 0 Å². The predicted octanol–water partition coefficient (Wildman–Crippen LogP) is 4.19. The first-order valence-electron chi connectivity index (χ1n) is 8.44. The van der Waals surface area contributed by atoms with Gasteiger partial charge in [-0.15, -0.1) is 10.2 Å². The number of hydrogen-bond donors (Lipinski definition) is 1. The summed E-state index contributed by atoms with van der Waals surface area (Å²) in [5.74, 6) is 0.854. The molecule has 3 aromatic rings. The minimum Gasteiger partial charge on any atom is -0.350 e. The number of benzene rings is 2. The Hall–Kier alpha value is -2.44. The van der Waals surface area contributed by atoms with Crippen LogP contribution in [-0.4, -0.2) is 20.7 Å². The molecule has 1 aliphatic rings. The minimum absolute atomic E-state index is 0.135. The highest BCUT2D eigenvalue weighted by Gasteiger charge is 2.33. The number of hydrogen-bond acceptors (Lipinski definition) is 3. The summed E-state index contributed by atoms with van der Waals surface area (Å²) < 4.78 is 14.8. The predicted molar refractivity (Wildman–Crippen MR) is 101 cm³/mol. The number of carbonyl (C=O) groups excluding carboxylic acids is 1. The Balaban J connectivity index is 1.56. The number of halogens is 3. The van der Waals surface area contributed by atoms with Gasteiger partial charge in [0.05, 0.1) is 5.02 Å². The molecule has 0 fully saturated rings. The molecular weight excluding hydrogens is 390 g/mol. The maximum atomic E-state index is 13.0. The molecule has 4 rings (SSSR count). The molecule has 0 saturated heterocycles. The van der Waals surface area contributed by atoms with E-state index in [1.165, 1.54) is 12.1 Å². The van der Waals surface area contributed by atoms with Crippen LogP contribution in [0.2, 0.25) is 10.0 Å². The Morgan fingerprint density at radius 1 is 1.19 bits per heavy atom. The van der Waals surface area contributed by atoms with Gasteiger partial charge in [-0.05, 0) is 42.3 Å². The van der Waals surface area contributed by atoms with Gasteiger partial charge in [0.1, 0.15) is 17.7 Å². The van der Waals surface area contributed by atoms with E-state index < -0.39 is 6.04 Å². The second kappa shape index (κ2) is 7.29. The van der Waals surface area contributed by atoms with Crippen molar-refractivity contribution < 1.29 is 9.18 Å². The van der Waals surface area contributed by atoms with Gasteiger partial charge >= 0.3 is 0 Å². The van der Waals surface area contributed by atoms with Gasteiger partial charge in [-0.1, -0.05) is 35.3 Å². The van der Waals surface area contributed by atoms with Crippen molar-refractivity contribution in [3.63, 3.8) is 0 Å². The summed E-state index contributed by atoms with van der Waals surface area (Å²) in [7, 11) is 0. The molecule has 0 saturated carbocycles. The summed E-state index contributed by atoms with van der Waals surface area (Å²) in [5, 5.41) is 12.3. The number of carbonyl (C=O) groups is 1. The fraction of sp³-hybridized carbons (Fsp3) is 0.211. The molecule has 1 aromatic heterocycles. The molecule has 138 valence electrons. The third kappa shape index (κ3) is 3.55. The zero-order valence-corrected chi connectivity index (χ0v) is 15.6. The largest absolute Gasteiger partial charge is 0.350 e. The van der Waals surface area contributed by atoms with Crippen LogP contribution < -0.4 is 5.32 Å². The minimum atomic E-state index is -0.419. The number of amides is 1. The SMILES string of the molecule is O=C(NCc1ccc(F)cc1)C1CCc2nnc(-c3ccc(Cl)cc3Cl)n21. The zero-order valence-electron chi connectivity index (χ0n) is 14.1. The quantitative estimate of drug-likeness (QED) is 0.708. The van der Waals surface area contributed by atoms with Gasteiger partial charge in [-0.2, -0.15) is 0 Å². The standard InChI is InChI=1S/C19H15Cl2FN4O/c20-12-3-6-14(15(21)9-12)18-25-24-17-8-7-16(26(17)18)19(27)23-10-11-1-4-13(22)5-2-11/h1-6,9,16H,7-8,10H2,(H,23,27). The third-order valence-corrected chi connectivity index (χ3v) is 5.12. The van der Waals surface area contributed by atoms with Crippen LogP contribution in [0.1, 0.15) is 23.9 Å². The summed E-state index contributed by atoms with van der Waals surface area (Å²) in [4.78, 5) is 12.8. The molecule has 0 bridgehead atoms. The van der Waals surface area contributed by atoms with Gasteiger partial charge in [0.2, 0.25) is 5.91 Å². The van der Waals surface area contributed by atoms with E-state index in [0.717, 1.165) is 11.4 Å². The molecule has 27 heavy (non-hydrogen) atoms. The molecule has 1 unspecified atom stereocenters. The Labute approximate surface area is 165 Å². The Kier molecular flexibility index (Phi) is 4.85. The lowest BCUT2D eigenvalue weighted by molar-refractivity contribution is -0.124. The van der Waals surface area contributed by atoms with Crippen LogP contribution >= 0.6 is 23.2 Å². The van der Waals surface area contributed by atoms with Crippen molar-refractivity contribution in [2.24, 2.45) is 0 Å². The number of fused-ring (bicyclic) bond motifs is 1. The molecule has 1 atom stereocenters. The van der Waals surface area contributed by atoms with Crippen molar-refractivity contribution in [1.82, 2.24) is 20.1 Å². The smallest absolute Gasteiger partial charge is 0.243 e. The molecule has 5 nitrogen and oxygen atoms in total. The highest BCUT2D eigenvalue weighted by molar-refractivity contribution is 6.36. The van der Waals surface area contributed by atoms with Gasteiger partial charge in [0.25, 0.3) is 0 Å². The van der Waals surface area contributed by atoms with Crippen LogP contribution in [0, 0.1) is 5.82 Å². The van der Waals surface area contributed by atoms with Crippen molar-refractivity contribution >= 4 is 29.1 Å². The maximum absolute atomic E-state index is 13.0. The van der Waals surface area contributed by atoms with E-state index in [2.05, 4.69) is 15.5 Å². The molecule has 8 heteroatoms. The average molecular weight is 405 g/mol. The fourth-order valence-corrected chi connectivity index (χ4v) is 3.72. The van der Waals surface area contributed by atoms with Gasteiger partial charge in [-0.25, -0.2) is 4.39 Å². The molecule has 0 aliphatic carbocycles. The van der Waals surface area contributed by atoms with Crippen LogP contribution in [0.15, 0.2) is 42.5 Å². The molecule has 1 N–H and O–H groups in total. The van der Waals surface area contributed by atoms with E-state index in [1.807, 2.05) is 4.57 Å². The maximum Gasteiger partial charge on any atom is 0.243 e. The molecule has 2 aromatic carbocycles. The molecule has 0 spiro atoms. The third-order valence-electron chi connectivity index (χ3n) is 4.57. The summed E-state index contributed by atoms with van der Waals surface area (Å²) in [5.41, 5.74) is 1.51. The molecule has 1 amide bonds. The highest BCUT2D eigenvalue weighted by atomic mass is 35.5. The van der Waals surface area contributed by atoms with Crippen molar-refractivity contribution in [2.75, 3.05) is 0 Å². The van der Waals surface area contributed by atoms with Crippen molar-refractivity contribution in [2.45, 2.75) is 25.4 Å². The van der Waals surface area contributed by atoms with E-state index in [0.29, 0.717) is 40.8 Å². The van der Waals surface area contributed by atoms with Crippen molar-refractivity contribution in [1.29, 1.82) is 0 Å². The average Bonchev–Trinajstić information content (AvgIpc) is 3.23. The molecular formula is C19H15Cl2FN4O. The summed E-state index contributed by atoms with van der Waals surface area (Å²) >= 11 is 12.3. The first-order chi connectivity index (χ1) is 13.0. The molecule has 2 heterocycles. The number of aryl methyl sites for hydroxylation is 1. The number of aromatic nitrogens is 3. The van der Waals surface area contributed by atoms with Gasteiger partial charge in [0.15, 0.2) is 5.82 Å². The van der Waals surface area contributed by atoms with Crippen molar-refractivity contribution in [3.8, 4) is 11.4 Å². The monoisotopic (exact) mass is 404 g/mol. The van der Waals surface area contributed by atoms with Gasteiger partial charge in [0, 0.05) is 23.6 Å². The fourth-order valence-electron chi connectivity index (χ4n) is 3.23. The van der Waals surface area contributed by atoms with E-state index >= 15 is 0 Å². The molecule has 1 aliphatic heterocycles. The topological polar surface area (TPSA) is 59.8 Å². The Morgan fingerprint density at radius 2 is 1.96 bits per heavy atom. The highest BCUT2D eigenvalue weighted by Crippen LogP contribution is 2.35. The number of rotatable bonds is 4. The van der Waals surface area contributed by atoms with E-state index in [-0.39, 0.29) is 11.7 Å². The summed E-state index contributed by atoms with van der Waals surface area (Å²) in [6.07, 6.45) is 1.30. The van der Waals surface area contributed by atoms with Gasteiger partial charge in [-0.3, -0.25) is 9.36 Å². The van der Waals surface area contributed by atoms with Crippen LogP contribution in [0.4, 0.5) is 4.39 Å². The summed E-state index contributed by atoms with van der Waals surface area (Å²) in [6.45, 7) is 0.324. The lowest BCUT2D eigenvalue weighted by atomic mass is 10.1. The van der Waals surface area contributed by atoms with E-state index in [4.69, 9.17) is 23.2 Å². The van der Waals surface area contributed by atoms with Crippen LogP contribution in [0.25, 0.3) is 11.4 Å². The lowest BCUT2D eigenvalue weighted by Crippen LogP contribution is -2.31. The van der Waals surface area contributed by atoms with Gasteiger partial charge < -0.3 is 5.32 Å². The second-order valence-electron chi connectivity index (χ2n) is 6.33. The van der Waals surface area contributed by atoms with Crippen LogP contribution in [0.3, 0.4) is 0 Å². The number of nitrogens with one attached hydrogen (secondary N) is 1. The Morgan fingerprint density at radius 3 is 2.70 bits per heavy atom. The second-order valence-corrected chi connectivity index (χ2v) is 7.18. The first-order valence-corrected chi connectivity index (χ1v) is 9.20. The lowest BCUT2D eigenvalue weighted by Gasteiger charge is -2.16. The van der Waals surface area contributed by atoms with Crippen LogP contribution in [-0.2, 0) is 17.8 Å². The number of nitrogens with zero attached hydrogens (tertiary/aromatic N) is 3. The van der Waals surface area contributed by atoms with E-state index in [1.54, 1.807) is 30.3 Å². The first kappa shape index (κ1) is 17.9. The zero-order chi connectivity index (χ0) is 19.0. The normalized spacial score (nSPS) is 15.6. The van der Waals surface area contributed by atoms with E-state index in [9.17, 15) is 9.18 Å². The summed E-state index contributed by atoms with van der Waals surface area (Å²) in [6, 6.07) is 10.7.